The molecule has 3 aromatic heterocycles. The van der Waals surface area contributed by atoms with Crippen molar-refractivity contribution in [2.24, 2.45) is 35.5 Å². The van der Waals surface area contributed by atoms with Gasteiger partial charge in [0.15, 0.2) is 17.3 Å². The monoisotopic (exact) mass is 1720 g/mol. The van der Waals surface area contributed by atoms with Gasteiger partial charge in [-0.2, -0.15) is 4.98 Å². The number of carbonyl (C=O) groups is 6. The number of H-pyrrole nitrogens is 2. The fourth-order valence-electron chi connectivity index (χ4n) is 14.5. The zero-order valence-electron chi connectivity index (χ0n) is 64.9. The number of nitrogen functional groups attached to an aromatic ring is 1. The van der Waals surface area contributed by atoms with Gasteiger partial charge in [-0.25, -0.2) is 80.2 Å². The number of aromatic nitrogens is 6. The Balaban J connectivity index is 0.000000196. The Morgan fingerprint density at radius 2 is 0.712 bits per heavy atom. The summed E-state index contributed by atoms with van der Waals surface area (Å²) in [4.78, 5) is 134. The first-order valence-corrected chi connectivity index (χ1v) is 36.8. The van der Waals surface area contributed by atoms with Crippen molar-refractivity contribution >= 4 is 40.9 Å². The first-order valence-electron chi connectivity index (χ1n) is 36.8. The normalized spacial score (nSPS) is 32.7. The number of carbonyl (C=O) groups excluding carboxylic acids is 6. The maximum atomic E-state index is 14.5. The van der Waals surface area contributed by atoms with Crippen LogP contribution in [0.2, 0.25) is 0 Å². The molecular formula is C72H91F15N10O21. The van der Waals surface area contributed by atoms with E-state index in [1.807, 2.05) is 9.97 Å². The van der Waals surface area contributed by atoms with Crippen LogP contribution in [0.3, 0.4) is 0 Å². The highest BCUT2D eigenvalue weighted by Crippen LogP contribution is 2.57. The van der Waals surface area contributed by atoms with Gasteiger partial charge in [-0.15, -0.1) is 0 Å². The lowest BCUT2D eigenvalue weighted by Gasteiger charge is -2.32. The number of hydrogen-bond donors (Lipinski definition) is 7. The van der Waals surface area contributed by atoms with E-state index >= 15 is 0 Å². The lowest BCUT2D eigenvalue weighted by Crippen LogP contribution is -2.48. The lowest BCUT2D eigenvalue weighted by molar-refractivity contribution is -0.178. The molecular weight excluding hydrogens is 1630 g/mol. The SMILES string of the molecule is CCC1(CC)O[C@@H](N2C=CC(=O)CC2=O)C(F)(F)[C@@H]1C.CC[C@@]1(CF)O[C@@H](N2C=CC(=O)CC2=O)C(F)(F)[C@@H]1C.CC[C@@]1(CF)O[C@@H](n2ccc(N)nc2=O)C(F)(F)[C@@H]1C.C[C@@H]1C(CO)(CO)O[C@@H](n2ccc(=O)[nH]c2=O)C1(F)F.C[C@@H]1[C@@H](CO)O[C@@H](n2ccc(=O)[nH]c2=O)C1(F)F.C[C@H]1C(F)(F)[C@H](N2C=CC(=O)CC2=O)O[C@@]1(CO)CF. The largest absolute Gasteiger partial charge is 0.394 e. The summed E-state index contributed by atoms with van der Waals surface area (Å²) < 4.78 is 243. The number of anilines is 1. The maximum Gasteiger partial charge on any atom is 0.351 e. The number of alkyl halides is 15. The van der Waals surface area contributed by atoms with E-state index < -0.39 is 259 Å². The van der Waals surface area contributed by atoms with Gasteiger partial charge >= 0.3 is 17.1 Å². The van der Waals surface area contributed by atoms with Gasteiger partial charge in [-0.05, 0) is 50.0 Å². The number of nitrogens with two attached hydrogens (primary N) is 1. The molecule has 9 aliphatic heterocycles. The molecule has 0 aromatic carbocycles. The molecule has 0 unspecified atom stereocenters. The molecule has 3 amide bonds. The van der Waals surface area contributed by atoms with E-state index in [-0.39, 0.29) is 30.9 Å². The average Bonchev–Trinajstić information content (AvgIpc) is 1.60. The number of allylic oxidation sites excluding steroid dienone is 3. The molecule has 46 heteroatoms. The minimum atomic E-state index is -3.55. The van der Waals surface area contributed by atoms with E-state index in [0.717, 1.165) is 86.3 Å². The standard InChI is InChI=1S/C14H19F2NO3.C13H16F3NO3.C12H16F3N3O2.C12H14F3NO4.C11H14F2N2O5.C10H12F2N2O4/c1-4-13(5-2)9(3)14(15,16)12(20-13)17-7-6-10(18)8-11(17)19;1-3-12(7-14)8(2)13(15,16)11(20-12)17-5-4-9(18)6-10(17)19;1-3-11(6-13)7(2)12(14,15)9(20-11)18-5-4-8(16)17-10(18)19;1-7-11(5-13,6-17)20-10(12(7,14)15)16-3-2-8(18)4-9(16)19;1-6-10(4-16,5-17)20-8(11(6,12)13)15-3-2-7(18)14-9(15)19;1-5-6(4-15)18-8(10(5,11)12)14-3-2-7(16)13-9(14)17/h6-7,9,12H,4-5,8H2,1-3H3;4-5,8,11H,3,6-7H2,1-2H3;4-5,7,9H,3,6H2,1-2H3,(H2,16,17,19);2-3,7,10,17H,4-6H2,1H3;2-3,6,8,16-17H,4-5H2,1H3,(H,14,18,19);2-3,5-6,8,15H,4H2,1H3,(H,13,16,17)/t9-,12-;8-,11-,12+;7-,9-,11+;7-,10-,11-;6-,8-;5-,6-,8-/m111111/s1. The van der Waals surface area contributed by atoms with Crippen molar-refractivity contribution in [2.75, 3.05) is 52.2 Å². The molecule has 8 N–H and O–H groups in total. The van der Waals surface area contributed by atoms with Crippen LogP contribution in [0.1, 0.15) is 133 Å². The number of amides is 3. The third kappa shape index (κ3) is 17.9. The van der Waals surface area contributed by atoms with Gasteiger partial charge in [-0.1, -0.05) is 69.2 Å². The summed E-state index contributed by atoms with van der Waals surface area (Å²) in [5, 5.41) is 36.6. The number of rotatable bonds is 17. The second-order valence-corrected chi connectivity index (χ2v) is 29.5. The first kappa shape index (κ1) is 96.4. The van der Waals surface area contributed by atoms with E-state index in [1.165, 1.54) is 33.8 Å². The van der Waals surface area contributed by atoms with Crippen molar-refractivity contribution in [3.05, 3.63) is 126 Å². The molecule has 660 valence electrons. The number of ether oxygens (including phenoxy) is 6. The summed E-state index contributed by atoms with van der Waals surface area (Å²) in [7, 11) is 0. The second kappa shape index (κ2) is 36.3. The van der Waals surface area contributed by atoms with Crippen LogP contribution in [0.5, 0.6) is 0 Å². The van der Waals surface area contributed by atoms with Crippen molar-refractivity contribution < 1.29 is 143 Å². The van der Waals surface area contributed by atoms with Crippen LogP contribution in [0, 0.1) is 35.5 Å². The molecule has 12 heterocycles. The van der Waals surface area contributed by atoms with Crippen LogP contribution in [-0.2, 0) is 57.2 Å². The van der Waals surface area contributed by atoms with Crippen LogP contribution in [0.25, 0.3) is 0 Å². The van der Waals surface area contributed by atoms with E-state index in [4.69, 9.17) is 44.4 Å². The maximum absolute atomic E-state index is 14.5. The van der Waals surface area contributed by atoms with Gasteiger partial charge in [-0.3, -0.25) is 76.7 Å². The Morgan fingerprint density at radius 3 is 1.00 bits per heavy atom. The Kier molecular flexibility index (Phi) is 29.6. The van der Waals surface area contributed by atoms with Crippen molar-refractivity contribution in [1.82, 2.24) is 43.4 Å². The molecule has 0 bridgehead atoms. The van der Waals surface area contributed by atoms with E-state index in [9.17, 15) is 129 Å². The number of nitrogens with one attached hydrogen (secondary N) is 2. The Hall–Kier alpha value is -8.77. The van der Waals surface area contributed by atoms with Crippen molar-refractivity contribution in [3.8, 4) is 0 Å². The molecule has 0 aliphatic carbocycles. The van der Waals surface area contributed by atoms with Crippen LogP contribution >= 0.6 is 0 Å². The molecule has 0 saturated carbocycles. The third-order valence-corrected chi connectivity index (χ3v) is 23.2. The topological polar surface area (TPSA) is 419 Å². The summed E-state index contributed by atoms with van der Waals surface area (Å²) in [5.41, 5.74) is -7.13. The number of nitrogens with zero attached hydrogens (tertiary/aromatic N) is 7. The molecule has 16 atom stereocenters. The first-order chi connectivity index (χ1) is 54.8. The summed E-state index contributed by atoms with van der Waals surface area (Å²) in [6.45, 7) is 7.48. The fourth-order valence-corrected chi connectivity index (χ4v) is 14.5. The summed E-state index contributed by atoms with van der Waals surface area (Å²) in [6.07, 6.45) is -3.55. The van der Waals surface area contributed by atoms with Gasteiger partial charge in [0, 0.05) is 49.3 Å². The number of aliphatic hydroxyl groups excluding tert-OH is 4. The number of aromatic amines is 2. The van der Waals surface area contributed by atoms with Crippen LogP contribution in [0.15, 0.2) is 97.6 Å². The third-order valence-electron chi connectivity index (χ3n) is 23.2. The molecule has 0 radical (unpaired) electrons. The molecule has 0 spiro atoms. The number of halogens is 15. The minimum Gasteiger partial charge on any atom is -0.394 e. The summed E-state index contributed by atoms with van der Waals surface area (Å²) >= 11 is 0. The van der Waals surface area contributed by atoms with Gasteiger partial charge in [0.25, 0.3) is 46.7 Å². The zero-order valence-corrected chi connectivity index (χ0v) is 64.9. The zero-order chi connectivity index (χ0) is 89.1. The lowest BCUT2D eigenvalue weighted by atomic mass is 9.82. The predicted molar refractivity (Wildman–Crippen MR) is 377 cm³/mol. The van der Waals surface area contributed by atoms with Crippen LogP contribution < -0.4 is 33.9 Å². The van der Waals surface area contributed by atoms with Crippen molar-refractivity contribution in [1.29, 1.82) is 0 Å². The van der Waals surface area contributed by atoms with Crippen molar-refractivity contribution in [2.45, 2.75) is 221 Å². The van der Waals surface area contributed by atoms with Gasteiger partial charge in [0.05, 0.1) is 92.9 Å². The Bertz CT molecular complexity index is 4340. The van der Waals surface area contributed by atoms with Crippen molar-refractivity contribution in [3.63, 3.8) is 0 Å². The molecule has 118 heavy (non-hydrogen) atoms. The molecule has 3 aromatic rings. The number of ketones is 3. The highest BCUT2D eigenvalue weighted by atomic mass is 19.3. The predicted octanol–water partition coefficient (Wildman–Crippen LogP) is 5.67. The highest BCUT2D eigenvalue weighted by molar-refractivity contribution is 6.07. The second-order valence-electron chi connectivity index (χ2n) is 29.5. The number of aliphatic hydroxyl groups is 4. The van der Waals surface area contributed by atoms with E-state index in [0.29, 0.717) is 36.3 Å². The van der Waals surface area contributed by atoms with E-state index in [1.54, 1.807) is 27.7 Å². The van der Waals surface area contributed by atoms with E-state index in [2.05, 4.69) is 4.98 Å². The average molecular weight is 1720 g/mol. The molecule has 12 rings (SSSR count). The molecule has 9 aliphatic rings. The highest BCUT2D eigenvalue weighted by Gasteiger charge is 2.70. The molecule has 6 fully saturated rings. The quantitative estimate of drug-likeness (QED) is 0.0632. The van der Waals surface area contributed by atoms with Gasteiger partial charge in [0.1, 0.15) is 48.2 Å². The minimum absolute atomic E-state index is 0.0709. The summed E-state index contributed by atoms with van der Waals surface area (Å²) in [5.74, 6) is -32.0. The van der Waals surface area contributed by atoms with Crippen LogP contribution in [-0.4, -0.2) is 234 Å². The summed E-state index contributed by atoms with van der Waals surface area (Å²) in [6, 6.07) is 3.08. The van der Waals surface area contributed by atoms with Gasteiger partial charge < -0.3 is 54.6 Å². The smallest absolute Gasteiger partial charge is 0.351 e. The number of hydrogen-bond acceptors (Lipinski definition) is 23. The molecule has 6 saturated heterocycles. The molecule has 31 nitrogen and oxygen atoms in total. The van der Waals surface area contributed by atoms with Crippen LogP contribution in [0.4, 0.5) is 71.7 Å². The fraction of sp³-hybridized carbons (Fsp3) is 0.667. The Morgan fingerprint density at radius 1 is 0.415 bits per heavy atom. The van der Waals surface area contributed by atoms with Gasteiger partial charge in [0.2, 0.25) is 55.1 Å². The Labute approximate surface area is 660 Å².